The monoisotopic (exact) mass is 643 g/mol. The van der Waals surface area contributed by atoms with Crippen molar-refractivity contribution in [2.45, 2.75) is 19.3 Å². The van der Waals surface area contributed by atoms with Crippen LogP contribution in [-0.4, -0.2) is 0 Å². The van der Waals surface area contributed by atoms with E-state index in [1.54, 1.807) is 0 Å². The lowest BCUT2D eigenvalue weighted by Crippen LogP contribution is -2.15. The molecule has 0 bridgehead atoms. The zero-order valence-corrected chi connectivity index (χ0v) is 28.3. The number of fused-ring (bicyclic) bond motifs is 9. The topological polar surface area (TPSA) is 3.24 Å². The highest BCUT2D eigenvalue weighted by Gasteiger charge is 2.35. The molecule has 0 spiro atoms. The lowest BCUT2D eigenvalue weighted by atomic mass is 9.82. The van der Waals surface area contributed by atoms with E-state index in [-0.39, 0.29) is 5.41 Å². The van der Waals surface area contributed by atoms with Gasteiger partial charge in [-0.15, -0.1) is 11.3 Å². The number of hydrogen-bond acceptors (Lipinski definition) is 2. The highest BCUT2D eigenvalue weighted by Crippen LogP contribution is 2.51. The van der Waals surface area contributed by atoms with E-state index in [2.05, 4.69) is 183 Å². The average molecular weight is 644 g/mol. The molecule has 0 saturated heterocycles. The second-order valence-corrected chi connectivity index (χ2v) is 14.8. The van der Waals surface area contributed by atoms with E-state index in [0.29, 0.717) is 0 Å². The van der Waals surface area contributed by atoms with Crippen molar-refractivity contribution in [1.29, 1.82) is 0 Å². The highest BCUT2D eigenvalue weighted by atomic mass is 32.1. The van der Waals surface area contributed by atoms with Crippen molar-refractivity contribution >= 4 is 70.1 Å². The number of anilines is 3. The largest absolute Gasteiger partial charge is 0.310 e. The molecule has 8 aromatic carbocycles. The Morgan fingerprint density at radius 3 is 2.02 bits per heavy atom. The van der Waals surface area contributed by atoms with E-state index >= 15 is 0 Å². The van der Waals surface area contributed by atoms with Gasteiger partial charge in [-0.25, -0.2) is 0 Å². The molecule has 0 unspecified atom stereocenters. The highest BCUT2D eigenvalue weighted by molar-refractivity contribution is 7.26. The second kappa shape index (κ2) is 10.7. The Morgan fingerprint density at radius 2 is 1.12 bits per heavy atom. The van der Waals surface area contributed by atoms with Gasteiger partial charge in [0.25, 0.3) is 0 Å². The summed E-state index contributed by atoms with van der Waals surface area (Å²) in [6.07, 6.45) is 0. The Morgan fingerprint density at radius 1 is 0.449 bits per heavy atom. The molecule has 1 aliphatic rings. The Balaban J connectivity index is 1.18. The minimum atomic E-state index is -0.0387. The lowest BCUT2D eigenvalue weighted by molar-refractivity contribution is 0.660. The summed E-state index contributed by atoms with van der Waals surface area (Å²) in [4.78, 5) is 2.46. The van der Waals surface area contributed by atoms with Crippen molar-refractivity contribution in [3.8, 4) is 22.3 Å². The second-order valence-electron chi connectivity index (χ2n) is 13.8. The maximum atomic E-state index is 2.46. The molecule has 9 aromatic rings. The van der Waals surface area contributed by atoms with Gasteiger partial charge in [0.2, 0.25) is 0 Å². The summed E-state index contributed by atoms with van der Waals surface area (Å²) in [6.45, 7) is 4.70. The first kappa shape index (κ1) is 28.3. The van der Waals surface area contributed by atoms with E-state index in [1.165, 1.54) is 80.8 Å². The Bertz CT molecular complexity index is 2750. The molecule has 1 heterocycles. The molecule has 0 aliphatic heterocycles. The molecule has 0 amide bonds. The molecule has 0 radical (unpaired) electrons. The van der Waals surface area contributed by atoms with Gasteiger partial charge < -0.3 is 4.90 Å². The molecular weight excluding hydrogens is 611 g/mol. The van der Waals surface area contributed by atoms with Crippen molar-refractivity contribution < 1.29 is 0 Å². The van der Waals surface area contributed by atoms with Crippen LogP contribution in [0.3, 0.4) is 0 Å². The van der Waals surface area contributed by atoms with Crippen molar-refractivity contribution in [2.75, 3.05) is 4.90 Å². The summed E-state index contributed by atoms with van der Waals surface area (Å²) < 4.78 is 2.67. The van der Waals surface area contributed by atoms with Crippen molar-refractivity contribution in [1.82, 2.24) is 0 Å². The van der Waals surface area contributed by atoms with Crippen molar-refractivity contribution in [3.63, 3.8) is 0 Å². The van der Waals surface area contributed by atoms with Gasteiger partial charge in [-0.05, 0) is 86.6 Å². The van der Waals surface area contributed by atoms with Crippen LogP contribution < -0.4 is 4.90 Å². The number of rotatable bonds is 4. The number of thiophene rings is 1. The minimum Gasteiger partial charge on any atom is -0.310 e. The van der Waals surface area contributed by atoms with Gasteiger partial charge >= 0.3 is 0 Å². The predicted octanol–water partition coefficient (Wildman–Crippen LogP) is 13.8. The maximum absolute atomic E-state index is 2.46. The summed E-state index contributed by atoms with van der Waals surface area (Å²) in [6, 6.07) is 60.7. The van der Waals surface area contributed by atoms with Crippen LogP contribution in [0.2, 0.25) is 0 Å². The van der Waals surface area contributed by atoms with E-state index in [9.17, 15) is 0 Å². The number of benzene rings is 8. The number of hydrogen-bond donors (Lipinski definition) is 0. The third-order valence-electron chi connectivity index (χ3n) is 10.7. The van der Waals surface area contributed by atoms with Gasteiger partial charge in [-0.1, -0.05) is 135 Å². The van der Waals surface area contributed by atoms with Crippen LogP contribution in [0.25, 0.3) is 64.0 Å². The summed E-state index contributed by atoms with van der Waals surface area (Å²) in [5, 5.41) is 7.72. The quantitative estimate of drug-likeness (QED) is 0.184. The normalized spacial score (nSPS) is 13.3. The molecule has 232 valence electrons. The molecule has 0 saturated carbocycles. The Labute approximate surface area is 290 Å². The zero-order chi connectivity index (χ0) is 32.7. The van der Waals surface area contributed by atoms with Gasteiger partial charge in [-0.3, -0.25) is 0 Å². The van der Waals surface area contributed by atoms with Crippen LogP contribution in [0.5, 0.6) is 0 Å². The Hall–Kier alpha value is -5.70. The van der Waals surface area contributed by atoms with Crippen molar-refractivity contribution in [2.24, 2.45) is 0 Å². The Kier molecular flexibility index (Phi) is 6.16. The van der Waals surface area contributed by atoms with Crippen LogP contribution in [0, 0.1) is 0 Å². The molecule has 0 N–H and O–H groups in total. The van der Waals surface area contributed by atoms with Crippen LogP contribution in [0.15, 0.2) is 164 Å². The number of nitrogens with zero attached hydrogens (tertiary/aromatic N) is 1. The zero-order valence-electron chi connectivity index (χ0n) is 27.4. The molecule has 1 aromatic heterocycles. The van der Waals surface area contributed by atoms with Crippen molar-refractivity contribution in [3.05, 3.63) is 175 Å². The molecule has 49 heavy (non-hydrogen) atoms. The fourth-order valence-electron chi connectivity index (χ4n) is 8.17. The lowest BCUT2D eigenvalue weighted by Gasteiger charge is -2.28. The fraction of sp³-hybridized carbons (Fsp3) is 0.0638. The average Bonchev–Trinajstić information content (AvgIpc) is 3.64. The standard InChI is InChI=1S/C47H33NS/c1-47(2)42-15-7-5-12-36(42)41-29-35(24-27-43(41)47)48(34-22-20-31(21-23-34)33-19-18-30-10-3-4-11-32(30)28-33)44-16-9-14-39-37(44)25-26-40-38-13-6-8-17-45(38)49-46(39)40/h3-29H,1-2H3. The smallest absolute Gasteiger partial charge is 0.0540 e. The van der Waals surface area contributed by atoms with Gasteiger partial charge in [0, 0.05) is 47.7 Å². The van der Waals surface area contributed by atoms with Crippen LogP contribution in [0.1, 0.15) is 25.0 Å². The minimum absolute atomic E-state index is 0.0387. The molecule has 0 atom stereocenters. The van der Waals surface area contributed by atoms with Gasteiger partial charge in [0.15, 0.2) is 0 Å². The molecule has 10 rings (SSSR count). The molecular formula is C47H33NS. The third-order valence-corrected chi connectivity index (χ3v) is 11.9. The fourth-order valence-corrected chi connectivity index (χ4v) is 9.40. The first-order valence-corrected chi connectivity index (χ1v) is 17.8. The van der Waals surface area contributed by atoms with E-state index in [1.807, 2.05) is 11.3 Å². The molecule has 1 aliphatic carbocycles. The summed E-state index contributed by atoms with van der Waals surface area (Å²) in [5.41, 5.74) is 11.3. The van der Waals surface area contributed by atoms with Crippen LogP contribution >= 0.6 is 11.3 Å². The van der Waals surface area contributed by atoms with E-state index in [0.717, 1.165) is 11.4 Å². The molecule has 2 heteroatoms. The summed E-state index contributed by atoms with van der Waals surface area (Å²) in [5.74, 6) is 0. The van der Waals surface area contributed by atoms with Gasteiger partial charge in [-0.2, -0.15) is 0 Å². The summed E-state index contributed by atoms with van der Waals surface area (Å²) >= 11 is 1.89. The van der Waals surface area contributed by atoms with Crippen LogP contribution in [-0.2, 0) is 5.41 Å². The first-order valence-electron chi connectivity index (χ1n) is 17.0. The van der Waals surface area contributed by atoms with Gasteiger partial charge in [0.05, 0.1) is 5.69 Å². The third kappa shape index (κ3) is 4.31. The van der Waals surface area contributed by atoms with E-state index < -0.39 is 0 Å². The molecule has 0 fully saturated rings. The maximum Gasteiger partial charge on any atom is 0.0540 e. The molecule has 1 nitrogen and oxygen atoms in total. The summed E-state index contributed by atoms with van der Waals surface area (Å²) in [7, 11) is 0. The van der Waals surface area contributed by atoms with Crippen LogP contribution in [0.4, 0.5) is 17.1 Å². The predicted molar refractivity (Wildman–Crippen MR) is 212 cm³/mol. The first-order chi connectivity index (χ1) is 24.0. The SMILES string of the molecule is CC1(C)c2ccccc2-c2cc(N(c3ccc(-c4ccc5ccccc5c4)cc3)c3cccc4c3ccc3c5ccccc5sc43)ccc21. The van der Waals surface area contributed by atoms with E-state index in [4.69, 9.17) is 0 Å². The van der Waals surface area contributed by atoms with Gasteiger partial charge in [0.1, 0.15) is 0 Å².